The molecule has 2 nitrogen and oxygen atoms in total. The summed E-state index contributed by atoms with van der Waals surface area (Å²) in [6, 6.07) is 8.74. The van der Waals surface area contributed by atoms with Gasteiger partial charge in [0.15, 0.2) is 0 Å². The van der Waals surface area contributed by atoms with Gasteiger partial charge < -0.3 is 10.2 Å². The van der Waals surface area contributed by atoms with Crippen LogP contribution in [0, 0.1) is 5.92 Å². The molecule has 3 fully saturated rings. The average molecular weight is 232 g/mol. The van der Waals surface area contributed by atoms with Crippen molar-refractivity contribution < 1.29 is 0 Å². The molecule has 0 radical (unpaired) electrons. The van der Waals surface area contributed by atoms with Gasteiger partial charge in [-0.2, -0.15) is 0 Å². The number of piperidine rings is 3. The Hall–Kier alpha value is -0.670. The van der Waals surface area contributed by atoms with E-state index in [4.69, 9.17) is 0 Å². The lowest BCUT2D eigenvalue weighted by molar-refractivity contribution is 0.0841. The first kappa shape index (κ1) is 9.37. The highest BCUT2D eigenvalue weighted by atomic mass is 32.2. The number of anilines is 1. The van der Waals surface area contributed by atoms with Crippen LogP contribution in [0.5, 0.6) is 0 Å². The van der Waals surface area contributed by atoms with E-state index in [1.807, 2.05) is 0 Å². The van der Waals surface area contributed by atoms with Crippen molar-refractivity contribution in [3.8, 4) is 0 Å². The molecule has 0 amide bonds. The topological polar surface area (TPSA) is 15.3 Å². The van der Waals surface area contributed by atoms with Gasteiger partial charge in [-0.05, 0) is 44.0 Å². The first-order valence-corrected chi connectivity index (χ1v) is 6.96. The summed E-state index contributed by atoms with van der Waals surface area (Å²) in [6.07, 6.45) is 2.74. The second-order valence-electron chi connectivity index (χ2n) is 5.16. The molecule has 4 aliphatic heterocycles. The highest BCUT2D eigenvalue weighted by Crippen LogP contribution is 2.54. The van der Waals surface area contributed by atoms with Crippen molar-refractivity contribution >= 4 is 17.4 Å². The Morgan fingerprint density at radius 1 is 1.25 bits per heavy atom. The van der Waals surface area contributed by atoms with Gasteiger partial charge in [-0.1, -0.05) is 23.9 Å². The molecule has 4 heterocycles. The number of thioether (sulfide) groups is 1. The van der Waals surface area contributed by atoms with Crippen LogP contribution in [-0.2, 0) is 0 Å². The van der Waals surface area contributed by atoms with E-state index in [-0.39, 0.29) is 0 Å². The maximum atomic E-state index is 3.80. The van der Waals surface area contributed by atoms with Crippen molar-refractivity contribution in [3.63, 3.8) is 0 Å². The number of fused-ring (bicyclic) bond motifs is 3. The van der Waals surface area contributed by atoms with Crippen molar-refractivity contribution in [2.24, 2.45) is 5.92 Å². The summed E-state index contributed by atoms with van der Waals surface area (Å²) in [6.45, 7) is 3.84. The summed E-state index contributed by atoms with van der Waals surface area (Å²) in [4.78, 5) is 4.35. The molecule has 4 aliphatic rings. The number of para-hydroxylation sites is 1. The lowest BCUT2D eigenvalue weighted by atomic mass is 9.83. The van der Waals surface area contributed by atoms with E-state index in [1.165, 1.54) is 43.1 Å². The molecule has 1 atom stereocenters. The molecule has 1 spiro atoms. The van der Waals surface area contributed by atoms with Gasteiger partial charge in [0.1, 0.15) is 4.87 Å². The molecule has 16 heavy (non-hydrogen) atoms. The maximum Gasteiger partial charge on any atom is 0.104 e. The van der Waals surface area contributed by atoms with Crippen LogP contribution in [-0.4, -0.2) is 29.4 Å². The smallest absolute Gasteiger partial charge is 0.104 e. The highest BCUT2D eigenvalue weighted by molar-refractivity contribution is 8.01. The van der Waals surface area contributed by atoms with Gasteiger partial charge in [-0.3, -0.25) is 0 Å². The molecular weight excluding hydrogens is 216 g/mol. The van der Waals surface area contributed by atoms with E-state index in [0.29, 0.717) is 4.87 Å². The fourth-order valence-electron chi connectivity index (χ4n) is 3.38. The monoisotopic (exact) mass is 232 g/mol. The highest BCUT2D eigenvalue weighted by Gasteiger charge is 2.50. The number of nitrogens with one attached hydrogen (secondary N) is 1. The lowest BCUT2D eigenvalue weighted by Gasteiger charge is -2.51. The molecule has 1 unspecified atom stereocenters. The molecule has 0 aromatic heterocycles. The quantitative estimate of drug-likeness (QED) is 0.740. The molecule has 0 saturated carbocycles. The summed E-state index contributed by atoms with van der Waals surface area (Å²) < 4.78 is 0. The predicted molar refractivity (Wildman–Crippen MR) is 67.8 cm³/mol. The van der Waals surface area contributed by atoms with E-state index in [2.05, 4.69) is 46.2 Å². The molecule has 84 valence electrons. The second kappa shape index (κ2) is 3.17. The van der Waals surface area contributed by atoms with Crippen molar-refractivity contribution in [3.05, 3.63) is 24.3 Å². The van der Waals surface area contributed by atoms with Gasteiger partial charge in [0.25, 0.3) is 0 Å². The maximum absolute atomic E-state index is 3.80. The zero-order chi connectivity index (χ0) is 10.6. The third-order valence-corrected chi connectivity index (χ3v) is 5.74. The van der Waals surface area contributed by atoms with E-state index in [9.17, 15) is 0 Å². The summed E-state index contributed by atoms with van der Waals surface area (Å²) >= 11 is 2.07. The third-order valence-electron chi connectivity index (χ3n) is 4.23. The summed E-state index contributed by atoms with van der Waals surface area (Å²) in [5.41, 5.74) is 1.35. The fraction of sp³-hybridized carbons (Fsp3) is 0.538. The van der Waals surface area contributed by atoms with Gasteiger partial charge in [-0.25, -0.2) is 0 Å². The van der Waals surface area contributed by atoms with Crippen LogP contribution in [0.15, 0.2) is 29.2 Å². The minimum atomic E-state index is 0.292. The summed E-state index contributed by atoms with van der Waals surface area (Å²) in [5.74, 6) is 0.856. The number of benzene rings is 1. The largest absolute Gasteiger partial charge is 0.368 e. The van der Waals surface area contributed by atoms with Crippen LogP contribution in [0.2, 0.25) is 0 Å². The van der Waals surface area contributed by atoms with Gasteiger partial charge in [-0.15, -0.1) is 0 Å². The molecule has 0 aliphatic carbocycles. The van der Waals surface area contributed by atoms with Gasteiger partial charge in [0.2, 0.25) is 0 Å². The minimum Gasteiger partial charge on any atom is -0.368 e. The third kappa shape index (κ3) is 1.19. The number of nitrogens with zero attached hydrogens (tertiary/aromatic N) is 1. The number of hydrogen-bond donors (Lipinski definition) is 1. The molecule has 5 rings (SSSR count). The van der Waals surface area contributed by atoms with Crippen LogP contribution in [0.25, 0.3) is 0 Å². The molecule has 3 saturated heterocycles. The molecule has 2 bridgehead atoms. The van der Waals surface area contributed by atoms with E-state index < -0.39 is 0 Å². The van der Waals surface area contributed by atoms with E-state index in [0.717, 1.165) is 5.92 Å². The Balaban J connectivity index is 1.72. The Kier molecular flexibility index (Phi) is 1.86. The van der Waals surface area contributed by atoms with E-state index in [1.54, 1.807) is 0 Å². The van der Waals surface area contributed by atoms with Gasteiger partial charge in [0.05, 0.1) is 0 Å². The zero-order valence-electron chi connectivity index (χ0n) is 9.28. The Morgan fingerprint density at radius 3 is 2.75 bits per heavy atom. The van der Waals surface area contributed by atoms with Crippen molar-refractivity contribution in [2.45, 2.75) is 22.6 Å². The Morgan fingerprint density at radius 2 is 2.06 bits per heavy atom. The molecule has 1 N–H and O–H groups in total. The SMILES string of the molecule is c1ccc2c(c1)NC1(CN3CCC1CC3)S2. The van der Waals surface area contributed by atoms with Crippen LogP contribution in [0.4, 0.5) is 5.69 Å². The Labute approximate surface area is 100 Å². The van der Waals surface area contributed by atoms with Crippen LogP contribution in [0.1, 0.15) is 12.8 Å². The van der Waals surface area contributed by atoms with Gasteiger partial charge >= 0.3 is 0 Å². The molecular formula is C13H16N2S. The average Bonchev–Trinajstić information content (AvgIpc) is 2.68. The van der Waals surface area contributed by atoms with Crippen molar-refractivity contribution in [1.29, 1.82) is 0 Å². The van der Waals surface area contributed by atoms with Crippen LogP contribution >= 0.6 is 11.8 Å². The standard InChI is InChI=1S/C13H16N2S/c1-2-4-12-11(3-1)14-13(16-12)9-15-7-5-10(13)6-8-15/h1-4,10,14H,5-9H2. The number of rotatable bonds is 0. The normalized spacial score (nSPS) is 39.8. The predicted octanol–water partition coefficient (Wildman–Crippen LogP) is 2.63. The van der Waals surface area contributed by atoms with Crippen LogP contribution < -0.4 is 5.32 Å². The summed E-state index contributed by atoms with van der Waals surface area (Å²) in [7, 11) is 0. The van der Waals surface area contributed by atoms with Crippen molar-refractivity contribution in [1.82, 2.24) is 4.90 Å². The van der Waals surface area contributed by atoms with Crippen molar-refractivity contribution in [2.75, 3.05) is 25.0 Å². The molecule has 1 aromatic carbocycles. The lowest BCUT2D eigenvalue weighted by Crippen LogP contribution is -2.59. The molecule has 1 aromatic rings. The first-order valence-electron chi connectivity index (χ1n) is 6.14. The zero-order valence-corrected chi connectivity index (χ0v) is 10.1. The number of hydrogen-bond acceptors (Lipinski definition) is 3. The minimum absolute atomic E-state index is 0.292. The van der Waals surface area contributed by atoms with Crippen LogP contribution in [0.3, 0.4) is 0 Å². The van der Waals surface area contributed by atoms with E-state index >= 15 is 0 Å². The summed E-state index contributed by atoms with van der Waals surface area (Å²) in [5, 5.41) is 3.80. The first-order chi connectivity index (χ1) is 7.86. The molecule has 3 heteroatoms. The Bertz CT molecular complexity index is 399. The van der Waals surface area contributed by atoms with Gasteiger partial charge in [0, 0.05) is 17.1 Å². The fourth-order valence-corrected chi connectivity index (χ4v) is 4.96. The second-order valence-corrected chi connectivity index (χ2v) is 6.54.